The summed E-state index contributed by atoms with van der Waals surface area (Å²) in [4.78, 5) is 29.2. The van der Waals surface area contributed by atoms with E-state index < -0.39 is 5.97 Å². The second-order valence-electron chi connectivity index (χ2n) is 8.01. The van der Waals surface area contributed by atoms with E-state index in [0.29, 0.717) is 29.7 Å². The maximum atomic E-state index is 13.1. The molecule has 0 aliphatic heterocycles. The van der Waals surface area contributed by atoms with Crippen LogP contribution in [0.2, 0.25) is 0 Å². The first-order chi connectivity index (χ1) is 15.0. The smallest absolute Gasteiger partial charge is 0.306 e. The van der Waals surface area contributed by atoms with Crippen molar-refractivity contribution in [2.75, 3.05) is 7.11 Å². The fraction of sp³-hybridized carbons (Fsp3) is 0.292. The van der Waals surface area contributed by atoms with E-state index in [2.05, 4.69) is 0 Å². The van der Waals surface area contributed by atoms with E-state index in [4.69, 9.17) is 9.72 Å². The lowest BCUT2D eigenvalue weighted by Crippen LogP contribution is -2.20. The van der Waals surface area contributed by atoms with Gasteiger partial charge < -0.3 is 9.84 Å². The summed E-state index contributed by atoms with van der Waals surface area (Å²) in [6.45, 7) is 0. The van der Waals surface area contributed by atoms with Gasteiger partial charge in [-0.3, -0.25) is 14.2 Å². The Kier molecular flexibility index (Phi) is 4.98. The third-order valence-corrected chi connectivity index (χ3v) is 7.38. The highest BCUT2D eigenvalue weighted by Gasteiger charge is 2.28. The topological polar surface area (TPSA) is 81.4 Å². The van der Waals surface area contributed by atoms with E-state index in [1.54, 1.807) is 29.2 Å². The summed E-state index contributed by atoms with van der Waals surface area (Å²) in [6.07, 6.45) is 4.84. The third-order valence-electron chi connectivity index (χ3n) is 6.20. The van der Waals surface area contributed by atoms with Crippen molar-refractivity contribution < 1.29 is 14.6 Å². The van der Waals surface area contributed by atoms with Gasteiger partial charge in [-0.1, -0.05) is 18.2 Å². The van der Waals surface area contributed by atoms with Gasteiger partial charge in [0.05, 0.1) is 33.9 Å². The summed E-state index contributed by atoms with van der Waals surface area (Å²) < 4.78 is 8.22. The molecule has 31 heavy (non-hydrogen) atoms. The number of hydrogen-bond donors (Lipinski definition) is 1. The van der Waals surface area contributed by atoms with Gasteiger partial charge in [0.25, 0.3) is 5.56 Å². The molecule has 5 rings (SSSR count). The standard InChI is InChI=1S/C24H22N2O4S/c1-30-20-12-18-21(31-22(25-18)15-6-8-16(9-7-15)24(28)29)13-19(20)26-11-10-14-4-2-3-5-17(14)23(26)27/h2-5,10-13,15-16H,6-9H2,1H3,(H,28,29). The van der Waals surface area contributed by atoms with Gasteiger partial charge in [0, 0.05) is 23.6 Å². The molecule has 0 saturated heterocycles. The molecule has 2 aromatic heterocycles. The molecule has 0 bridgehead atoms. The molecule has 1 fully saturated rings. The van der Waals surface area contributed by atoms with E-state index in [1.807, 2.05) is 42.5 Å². The van der Waals surface area contributed by atoms with Crippen LogP contribution in [0.3, 0.4) is 0 Å². The van der Waals surface area contributed by atoms with Crippen LogP contribution in [0.4, 0.5) is 0 Å². The molecule has 2 aromatic carbocycles. The minimum Gasteiger partial charge on any atom is -0.494 e. The molecule has 7 heteroatoms. The van der Waals surface area contributed by atoms with Gasteiger partial charge in [-0.05, 0) is 49.3 Å². The SMILES string of the molecule is COc1cc2nc(C3CCC(C(=O)O)CC3)sc2cc1-n1ccc2ccccc2c1=O. The number of carboxylic acid groups (broad SMARTS) is 1. The van der Waals surface area contributed by atoms with Crippen LogP contribution >= 0.6 is 11.3 Å². The molecule has 0 amide bonds. The van der Waals surface area contributed by atoms with Crippen LogP contribution in [0.25, 0.3) is 26.7 Å². The highest BCUT2D eigenvalue weighted by atomic mass is 32.1. The number of thiazole rings is 1. The first-order valence-corrected chi connectivity index (χ1v) is 11.2. The number of pyridine rings is 1. The van der Waals surface area contributed by atoms with Gasteiger partial charge in [0.2, 0.25) is 0 Å². The molecule has 1 aliphatic rings. The molecule has 0 atom stereocenters. The molecule has 1 saturated carbocycles. The van der Waals surface area contributed by atoms with Crippen molar-refractivity contribution in [1.29, 1.82) is 0 Å². The zero-order valence-corrected chi connectivity index (χ0v) is 17.9. The average Bonchev–Trinajstić information content (AvgIpc) is 3.22. The van der Waals surface area contributed by atoms with Crippen LogP contribution in [0, 0.1) is 5.92 Å². The van der Waals surface area contributed by atoms with Crippen molar-refractivity contribution in [2.24, 2.45) is 5.92 Å². The molecular formula is C24H22N2O4S. The average molecular weight is 435 g/mol. The fourth-order valence-corrected chi connectivity index (χ4v) is 5.61. The van der Waals surface area contributed by atoms with E-state index in [9.17, 15) is 14.7 Å². The van der Waals surface area contributed by atoms with Gasteiger partial charge in [-0.2, -0.15) is 0 Å². The van der Waals surface area contributed by atoms with Crippen molar-refractivity contribution >= 4 is 38.3 Å². The van der Waals surface area contributed by atoms with Gasteiger partial charge >= 0.3 is 5.97 Å². The first-order valence-electron chi connectivity index (χ1n) is 10.4. The maximum Gasteiger partial charge on any atom is 0.306 e. The van der Waals surface area contributed by atoms with Crippen molar-refractivity contribution in [1.82, 2.24) is 9.55 Å². The number of rotatable bonds is 4. The van der Waals surface area contributed by atoms with Crippen LogP contribution < -0.4 is 10.3 Å². The Labute approximate surface area is 182 Å². The summed E-state index contributed by atoms with van der Waals surface area (Å²) in [5.74, 6) is -0.0581. The highest BCUT2D eigenvalue weighted by molar-refractivity contribution is 7.18. The first kappa shape index (κ1) is 19.8. The monoisotopic (exact) mass is 434 g/mol. The molecule has 0 unspecified atom stereocenters. The molecular weight excluding hydrogens is 412 g/mol. The Hall–Kier alpha value is -3.19. The van der Waals surface area contributed by atoms with E-state index in [0.717, 1.165) is 33.5 Å². The Balaban J connectivity index is 1.55. The predicted molar refractivity (Wildman–Crippen MR) is 122 cm³/mol. The zero-order chi connectivity index (χ0) is 21.5. The molecule has 0 radical (unpaired) electrons. The second-order valence-corrected chi connectivity index (χ2v) is 9.07. The Morgan fingerprint density at radius 2 is 1.94 bits per heavy atom. The Morgan fingerprint density at radius 1 is 1.16 bits per heavy atom. The Bertz CT molecular complexity index is 1350. The van der Waals surface area contributed by atoms with E-state index in [1.165, 1.54) is 0 Å². The lowest BCUT2D eigenvalue weighted by Gasteiger charge is -2.24. The number of carbonyl (C=O) groups is 1. The van der Waals surface area contributed by atoms with Crippen LogP contribution in [-0.2, 0) is 4.79 Å². The van der Waals surface area contributed by atoms with Crippen molar-refractivity contribution in [3.8, 4) is 11.4 Å². The number of aromatic nitrogens is 2. The van der Waals surface area contributed by atoms with E-state index >= 15 is 0 Å². The normalized spacial score (nSPS) is 19.0. The van der Waals surface area contributed by atoms with Crippen molar-refractivity contribution in [3.63, 3.8) is 0 Å². The number of benzene rings is 2. The zero-order valence-electron chi connectivity index (χ0n) is 17.1. The molecule has 0 spiro atoms. The molecule has 2 heterocycles. The van der Waals surface area contributed by atoms with Crippen LogP contribution in [0.5, 0.6) is 5.75 Å². The maximum absolute atomic E-state index is 13.1. The van der Waals surface area contributed by atoms with Crippen LogP contribution in [-0.4, -0.2) is 27.7 Å². The van der Waals surface area contributed by atoms with Crippen LogP contribution in [0.15, 0.2) is 53.5 Å². The third kappa shape index (κ3) is 3.49. The largest absolute Gasteiger partial charge is 0.494 e. The summed E-state index contributed by atoms with van der Waals surface area (Å²) in [5, 5.41) is 11.8. The lowest BCUT2D eigenvalue weighted by molar-refractivity contribution is -0.142. The van der Waals surface area contributed by atoms with E-state index in [-0.39, 0.29) is 17.4 Å². The molecule has 6 nitrogen and oxygen atoms in total. The fourth-order valence-electron chi connectivity index (χ4n) is 4.45. The number of methoxy groups -OCH3 is 1. The van der Waals surface area contributed by atoms with Gasteiger partial charge in [-0.15, -0.1) is 11.3 Å². The molecule has 1 aliphatic carbocycles. The molecule has 1 N–H and O–H groups in total. The van der Waals surface area contributed by atoms with Gasteiger partial charge in [0.15, 0.2) is 0 Å². The van der Waals surface area contributed by atoms with Gasteiger partial charge in [0.1, 0.15) is 5.75 Å². The molecule has 4 aromatic rings. The van der Waals surface area contributed by atoms with Crippen molar-refractivity contribution in [3.05, 3.63) is 64.0 Å². The minimum absolute atomic E-state index is 0.0903. The number of fused-ring (bicyclic) bond motifs is 2. The number of nitrogens with zero attached hydrogens (tertiary/aromatic N) is 2. The number of hydrogen-bond acceptors (Lipinski definition) is 5. The predicted octanol–water partition coefficient (Wildman–Crippen LogP) is 4.97. The summed E-state index contributed by atoms with van der Waals surface area (Å²) in [5.41, 5.74) is 1.44. The Morgan fingerprint density at radius 3 is 2.68 bits per heavy atom. The number of aliphatic carboxylic acids is 1. The minimum atomic E-state index is -0.696. The van der Waals surface area contributed by atoms with Crippen LogP contribution in [0.1, 0.15) is 36.6 Å². The second kappa shape index (κ2) is 7.81. The summed E-state index contributed by atoms with van der Waals surface area (Å²) >= 11 is 1.62. The van der Waals surface area contributed by atoms with Gasteiger partial charge in [-0.25, -0.2) is 4.98 Å². The summed E-state index contributed by atoms with van der Waals surface area (Å²) in [7, 11) is 1.59. The number of ether oxygens (including phenoxy) is 1. The summed E-state index contributed by atoms with van der Waals surface area (Å²) in [6, 6.07) is 13.3. The highest BCUT2D eigenvalue weighted by Crippen LogP contribution is 2.40. The number of carboxylic acids is 1. The van der Waals surface area contributed by atoms with Crippen molar-refractivity contribution in [2.45, 2.75) is 31.6 Å². The lowest BCUT2D eigenvalue weighted by atomic mass is 9.82. The molecule has 158 valence electrons. The quantitative estimate of drug-likeness (QED) is 0.491.